The molecule has 0 radical (unpaired) electrons. The molecule has 0 aliphatic heterocycles. The van der Waals surface area contributed by atoms with E-state index in [9.17, 15) is 9.59 Å². The fourth-order valence-electron chi connectivity index (χ4n) is 3.76. The van der Waals surface area contributed by atoms with E-state index in [-0.39, 0.29) is 16.9 Å². The Hall–Kier alpha value is -2.85. The molecule has 0 saturated heterocycles. The number of pyridine rings is 1. The van der Waals surface area contributed by atoms with Gasteiger partial charge in [-0.05, 0) is 55.5 Å². The molecule has 0 aliphatic rings. The van der Waals surface area contributed by atoms with E-state index in [1.807, 2.05) is 62.4 Å². The van der Waals surface area contributed by atoms with Crippen LogP contribution < -0.4 is 10.7 Å². The van der Waals surface area contributed by atoms with E-state index >= 15 is 0 Å². The Morgan fingerprint density at radius 1 is 1.06 bits per heavy atom. The molecular formula is C26H29ClN2O2. The Bertz CT molecular complexity index is 1120. The standard InChI is InChI=1S/C26H29ClN2O2/c1-4-6-11-23-25(26(31)28-22-10-8-7-9-18(22)3)24(30)16-21(5-2)29(23)17-19-12-14-20(27)15-13-19/h7-10,12-16H,4-6,11,17H2,1-3H3,(H,28,31). The molecular weight excluding hydrogens is 408 g/mol. The van der Waals surface area contributed by atoms with Crippen molar-refractivity contribution < 1.29 is 4.79 Å². The summed E-state index contributed by atoms with van der Waals surface area (Å²) in [6.07, 6.45) is 3.26. The first-order valence-corrected chi connectivity index (χ1v) is 11.2. The molecule has 2 aromatic carbocycles. The molecule has 31 heavy (non-hydrogen) atoms. The normalized spacial score (nSPS) is 10.8. The van der Waals surface area contributed by atoms with Gasteiger partial charge in [0.2, 0.25) is 0 Å². The van der Waals surface area contributed by atoms with E-state index in [4.69, 9.17) is 11.6 Å². The highest BCUT2D eigenvalue weighted by atomic mass is 35.5. The SMILES string of the molecule is CCCCc1c(C(=O)Nc2ccccc2C)c(=O)cc(CC)n1Cc1ccc(Cl)cc1. The lowest BCUT2D eigenvalue weighted by molar-refractivity contribution is 0.102. The number of hydrogen-bond donors (Lipinski definition) is 1. The lowest BCUT2D eigenvalue weighted by Gasteiger charge is -2.21. The number of halogens is 1. The van der Waals surface area contributed by atoms with E-state index in [2.05, 4.69) is 16.8 Å². The summed E-state index contributed by atoms with van der Waals surface area (Å²) in [7, 11) is 0. The molecule has 0 aliphatic carbocycles. The molecule has 1 N–H and O–H groups in total. The zero-order chi connectivity index (χ0) is 22.4. The minimum atomic E-state index is -0.349. The molecule has 4 nitrogen and oxygen atoms in total. The van der Waals surface area contributed by atoms with Crippen LogP contribution in [0.15, 0.2) is 59.4 Å². The van der Waals surface area contributed by atoms with Gasteiger partial charge >= 0.3 is 0 Å². The first-order chi connectivity index (χ1) is 14.9. The van der Waals surface area contributed by atoms with Crippen molar-refractivity contribution in [2.75, 3.05) is 5.32 Å². The molecule has 5 heteroatoms. The minimum Gasteiger partial charge on any atom is -0.343 e. The third-order valence-electron chi connectivity index (χ3n) is 5.51. The quantitative estimate of drug-likeness (QED) is 0.469. The van der Waals surface area contributed by atoms with Gasteiger partial charge in [-0.2, -0.15) is 0 Å². The van der Waals surface area contributed by atoms with E-state index in [1.54, 1.807) is 6.07 Å². The molecule has 1 amide bonds. The number of aryl methyl sites for hydroxylation is 2. The number of rotatable bonds is 8. The topological polar surface area (TPSA) is 51.1 Å². The summed E-state index contributed by atoms with van der Waals surface area (Å²) < 4.78 is 2.13. The average Bonchev–Trinajstić information content (AvgIpc) is 2.76. The van der Waals surface area contributed by atoms with Crippen molar-refractivity contribution in [1.29, 1.82) is 0 Å². The molecule has 1 heterocycles. The Kier molecular flexibility index (Phi) is 7.69. The Balaban J connectivity index is 2.10. The predicted molar refractivity (Wildman–Crippen MR) is 128 cm³/mol. The number of amides is 1. The molecule has 0 atom stereocenters. The van der Waals surface area contributed by atoms with Gasteiger partial charge in [0.25, 0.3) is 5.91 Å². The lowest BCUT2D eigenvalue weighted by atomic mass is 10.0. The van der Waals surface area contributed by atoms with Gasteiger partial charge in [-0.1, -0.05) is 62.2 Å². The fraction of sp³-hybridized carbons (Fsp3) is 0.308. The van der Waals surface area contributed by atoms with Crippen molar-refractivity contribution >= 4 is 23.2 Å². The van der Waals surface area contributed by atoms with E-state index in [0.29, 0.717) is 24.4 Å². The highest BCUT2D eigenvalue weighted by molar-refractivity contribution is 6.30. The molecule has 0 fully saturated rings. The molecule has 1 aromatic heterocycles. The molecule has 0 bridgehead atoms. The van der Waals surface area contributed by atoms with E-state index < -0.39 is 0 Å². The smallest absolute Gasteiger partial charge is 0.261 e. The first-order valence-electron chi connectivity index (χ1n) is 10.8. The maximum atomic E-state index is 13.3. The number of anilines is 1. The summed E-state index contributed by atoms with van der Waals surface area (Å²) in [6.45, 7) is 6.67. The Morgan fingerprint density at radius 2 is 1.77 bits per heavy atom. The summed E-state index contributed by atoms with van der Waals surface area (Å²) in [4.78, 5) is 26.3. The van der Waals surface area contributed by atoms with Crippen LogP contribution >= 0.6 is 11.6 Å². The fourth-order valence-corrected chi connectivity index (χ4v) is 3.89. The van der Waals surface area contributed by atoms with Gasteiger partial charge in [0, 0.05) is 34.7 Å². The molecule has 0 saturated carbocycles. The van der Waals surface area contributed by atoms with Crippen LogP contribution in [0.3, 0.4) is 0 Å². The van der Waals surface area contributed by atoms with Gasteiger partial charge in [-0.15, -0.1) is 0 Å². The maximum absolute atomic E-state index is 13.3. The number of benzene rings is 2. The molecule has 3 aromatic rings. The number of unbranched alkanes of at least 4 members (excludes halogenated alkanes) is 1. The number of nitrogens with zero attached hydrogens (tertiary/aromatic N) is 1. The van der Waals surface area contributed by atoms with Gasteiger partial charge in [-0.3, -0.25) is 9.59 Å². The number of hydrogen-bond acceptors (Lipinski definition) is 2. The first kappa shape index (κ1) is 22.8. The summed E-state index contributed by atoms with van der Waals surface area (Å²) in [5, 5.41) is 3.63. The van der Waals surface area contributed by atoms with Crippen LogP contribution in [-0.4, -0.2) is 10.5 Å². The largest absolute Gasteiger partial charge is 0.343 e. The van der Waals surface area contributed by atoms with Crippen LogP contribution in [0.25, 0.3) is 0 Å². The van der Waals surface area contributed by atoms with Crippen molar-refractivity contribution in [2.45, 2.75) is 53.0 Å². The zero-order valence-corrected chi connectivity index (χ0v) is 19.1. The van der Waals surface area contributed by atoms with Gasteiger partial charge < -0.3 is 9.88 Å². The van der Waals surface area contributed by atoms with Crippen LogP contribution in [0.4, 0.5) is 5.69 Å². The van der Waals surface area contributed by atoms with E-state index in [1.165, 1.54) is 0 Å². The van der Waals surface area contributed by atoms with Gasteiger partial charge in [0.05, 0.1) is 0 Å². The van der Waals surface area contributed by atoms with Crippen molar-refractivity contribution in [1.82, 2.24) is 4.57 Å². The van der Waals surface area contributed by atoms with Crippen LogP contribution in [-0.2, 0) is 19.4 Å². The van der Waals surface area contributed by atoms with Crippen LogP contribution in [0.1, 0.15) is 59.6 Å². The number of carbonyl (C=O) groups is 1. The third kappa shape index (κ3) is 5.45. The van der Waals surface area contributed by atoms with Gasteiger partial charge in [0.15, 0.2) is 5.43 Å². The summed E-state index contributed by atoms with van der Waals surface area (Å²) in [5.41, 5.74) is 4.50. The molecule has 0 spiro atoms. The van der Waals surface area contributed by atoms with E-state index in [0.717, 1.165) is 41.0 Å². The summed E-state index contributed by atoms with van der Waals surface area (Å²) in [5.74, 6) is -0.349. The van der Waals surface area contributed by atoms with Gasteiger partial charge in [0.1, 0.15) is 5.56 Å². The molecule has 3 rings (SSSR count). The Morgan fingerprint density at radius 3 is 2.42 bits per heavy atom. The highest BCUT2D eigenvalue weighted by Gasteiger charge is 2.21. The van der Waals surface area contributed by atoms with Crippen molar-refractivity contribution in [2.24, 2.45) is 0 Å². The minimum absolute atomic E-state index is 0.221. The molecule has 0 unspecified atom stereocenters. The second kappa shape index (κ2) is 10.5. The second-order valence-corrected chi connectivity index (χ2v) is 8.20. The zero-order valence-electron chi connectivity index (χ0n) is 18.4. The maximum Gasteiger partial charge on any atom is 0.261 e. The summed E-state index contributed by atoms with van der Waals surface area (Å²) in [6, 6.07) is 16.9. The van der Waals surface area contributed by atoms with Crippen molar-refractivity contribution in [3.05, 3.63) is 97.9 Å². The number of aromatic nitrogens is 1. The third-order valence-corrected chi connectivity index (χ3v) is 5.76. The molecule has 162 valence electrons. The monoisotopic (exact) mass is 436 g/mol. The predicted octanol–water partition coefficient (Wildman–Crippen LogP) is 6.02. The van der Waals surface area contributed by atoms with Crippen LogP contribution in [0, 0.1) is 6.92 Å². The number of para-hydroxylation sites is 1. The van der Waals surface area contributed by atoms with Crippen LogP contribution in [0.2, 0.25) is 5.02 Å². The van der Waals surface area contributed by atoms with Crippen molar-refractivity contribution in [3.63, 3.8) is 0 Å². The summed E-state index contributed by atoms with van der Waals surface area (Å²) >= 11 is 6.05. The average molecular weight is 437 g/mol. The highest BCUT2D eigenvalue weighted by Crippen LogP contribution is 2.20. The Labute approximate surface area is 188 Å². The second-order valence-electron chi connectivity index (χ2n) is 7.76. The number of carbonyl (C=O) groups excluding carboxylic acids is 1. The van der Waals surface area contributed by atoms with Crippen LogP contribution in [0.5, 0.6) is 0 Å². The number of nitrogens with one attached hydrogen (secondary N) is 1. The van der Waals surface area contributed by atoms with Crippen molar-refractivity contribution in [3.8, 4) is 0 Å². The van der Waals surface area contributed by atoms with Gasteiger partial charge in [-0.25, -0.2) is 0 Å². The lowest BCUT2D eigenvalue weighted by Crippen LogP contribution is -2.29.